The largest absolute Gasteiger partial charge is 0.301 e. The molecule has 0 aromatic rings. The number of carbonyl (C=O) groups excluding carboxylic acids is 1. The molecule has 114 valence electrons. The number of nitrogens with zero attached hydrogens (tertiary/aromatic N) is 2. The van der Waals surface area contributed by atoms with Crippen molar-refractivity contribution in [1.29, 1.82) is 0 Å². The highest BCUT2D eigenvalue weighted by molar-refractivity contribution is 5.82. The summed E-state index contributed by atoms with van der Waals surface area (Å²) in [6, 6.07) is 0. The zero-order chi connectivity index (χ0) is 14.1. The molecule has 1 heterocycles. The van der Waals surface area contributed by atoms with Gasteiger partial charge in [0, 0.05) is 51.6 Å². The molecule has 3 rings (SSSR count). The van der Waals surface area contributed by atoms with Crippen molar-refractivity contribution in [3.05, 3.63) is 0 Å². The quantitative estimate of drug-likeness (QED) is 0.788. The van der Waals surface area contributed by atoms with Crippen LogP contribution in [-0.2, 0) is 4.79 Å². The average molecular weight is 278 g/mol. The summed E-state index contributed by atoms with van der Waals surface area (Å²) in [4.78, 5) is 17.4. The van der Waals surface area contributed by atoms with Crippen molar-refractivity contribution in [2.45, 2.75) is 39.5 Å². The Labute approximate surface area is 123 Å². The molecule has 0 radical (unpaired) electrons. The fourth-order valence-electron chi connectivity index (χ4n) is 4.07. The van der Waals surface area contributed by atoms with E-state index < -0.39 is 0 Å². The van der Waals surface area contributed by atoms with Crippen LogP contribution in [0.5, 0.6) is 0 Å². The molecule has 0 bridgehead atoms. The lowest BCUT2D eigenvalue weighted by Gasteiger charge is -2.39. The van der Waals surface area contributed by atoms with Crippen LogP contribution >= 0.6 is 0 Å². The Morgan fingerprint density at radius 2 is 1.60 bits per heavy atom. The van der Waals surface area contributed by atoms with Crippen LogP contribution in [0.3, 0.4) is 0 Å². The van der Waals surface area contributed by atoms with Crippen LogP contribution in [0, 0.1) is 23.7 Å². The van der Waals surface area contributed by atoms with Gasteiger partial charge in [0.15, 0.2) is 0 Å². The van der Waals surface area contributed by atoms with E-state index in [1.165, 1.54) is 52.0 Å². The topological polar surface area (TPSA) is 23.6 Å². The van der Waals surface area contributed by atoms with Gasteiger partial charge in [0.25, 0.3) is 0 Å². The van der Waals surface area contributed by atoms with E-state index in [0.717, 1.165) is 18.9 Å². The van der Waals surface area contributed by atoms with Gasteiger partial charge < -0.3 is 9.80 Å². The van der Waals surface area contributed by atoms with E-state index in [-0.39, 0.29) is 0 Å². The molecule has 2 saturated carbocycles. The van der Waals surface area contributed by atoms with E-state index in [9.17, 15) is 4.79 Å². The summed E-state index contributed by atoms with van der Waals surface area (Å²) in [6.45, 7) is 11.6. The summed E-state index contributed by atoms with van der Waals surface area (Å²) in [7, 11) is 0. The predicted molar refractivity (Wildman–Crippen MR) is 81.7 cm³/mol. The maximum atomic E-state index is 12.3. The maximum Gasteiger partial charge on any atom is 0.137 e. The second kappa shape index (κ2) is 6.15. The zero-order valence-corrected chi connectivity index (χ0v) is 13.2. The molecule has 0 amide bonds. The lowest BCUT2D eigenvalue weighted by molar-refractivity contribution is -0.128. The Morgan fingerprint density at radius 1 is 1.00 bits per heavy atom. The number of hydrogen-bond acceptors (Lipinski definition) is 3. The third-order valence-electron chi connectivity index (χ3n) is 5.56. The Morgan fingerprint density at radius 3 is 2.15 bits per heavy atom. The molecule has 3 nitrogen and oxygen atoms in total. The monoisotopic (exact) mass is 278 g/mol. The van der Waals surface area contributed by atoms with E-state index in [4.69, 9.17) is 0 Å². The molecule has 1 aliphatic heterocycles. The first kappa shape index (κ1) is 14.5. The summed E-state index contributed by atoms with van der Waals surface area (Å²) in [5.41, 5.74) is 0. The second-order valence-electron chi connectivity index (χ2n) is 7.64. The van der Waals surface area contributed by atoms with Gasteiger partial charge in [0.1, 0.15) is 5.78 Å². The molecule has 3 atom stereocenters. The van der Waals surface area contributed by atoms with Crippen LogP contribution in [0.15, 0.2) is 0 Å². The summed E-state index contributed by atoms with van der Waals surface area (Å²) in [5, 5.41) is 0. The number of ketones is 1. The van der Waals surface area contributed by atoms with Crippen LogP contribution < -0.4 is 0 Å². The standard InChI is InChI=1S/C17H30N2O/c1-13-9-14(2)16(17(20)10-13)12-19-7-5-18(6-8-19)11-15-3-4-15/h13-16H,3-12H2,1-2H3. The molecule has 2 aliphatic carbocycles. The van der Waals surface area contributed by atoms with Gasteiger partial charge in [-0.15, -0.1) is 0 Å². The first-order valence-electron chi connectivity index (χ1n) is 8.59. The summed E-state index contributed by atoms with van der Waals surface area (Å²) < 4.78 is 0. The highest BCUT2D eigenvalue weighted by Gasteiger charge is 2.34. The van der Waals surface area contributed by atoms with Crippen molar-refractivity contribution >= 4 is 5.78 Å². The number of Topliss-reactive ketones (excluding diaryl/α,β-unsaturated/α-hetero) is 1. The normalized spacial score (nSPS) is 37.3. The summed E-state index contributed by atoms with van der Waals surface area (Å²) in [5.74, 6) is 3.01. The highest BCUT2D eigenvalue weighted by atomic mass is 16.1. The lowest BCUT2D eigenvalue weighted by atomic mass is 9.74. The minimum Gasteiger partial charge on any atom is -0.301 e. The Kier molecular flexibility index (Phi) is 4.46. The third kappa shape index (κ3) is 3.62. The first-order chi connectivity index (χ1) is 9.61. The summed E-state index contributed by atoms with van der Waals surface area (Å²) in [6.07, 6.45) is 4.95. The molecule has 3 fully saturated rings. The number of carbonyl (C=O) groups is 1. The fourth-order valence-corrected chi connectivity index (χ4v) is 4.07. The SMILES string of the molecule is CC1CC(=O)C(CN2CCN(CC3CC3)CC2)C(C)C1. The molecule has 3 heteroatoms. The van der Waals surface area contributed by atoms with E-state index in [1.807, 2.05) is 0 Å². The van der Waals surface area contributed by atoms with Crippen molar-refractivity contribution in [3.8, 4) is 0 Å². The average Bonchev–Trinajstić information content (AvgIpc) is 3.20. The smallest absolute Gasteiger partial charge is 0.137 e. The minimum atomic E-state index is 0.307. The van der Waals surface area contributed by atoms with Crippen LogP contribution in [0.2, 0.25) is 0 Å². The van der Waals surface area contributed by atoms with Gasteiger partial charge in [-0.2, -0.15) is 0 Å². The summed E-state index contributed by atoms with van der Waals surface area (Å²) >= 11 is 0. The van der Waals surface area contributed by atoms with Crippen molar-refractivity contribution in [3.63, 3.8) is 0 Å². The number of rotatable bonds is 4. The van der Waals surface area contributed by atoms with Gasteiger partial charge in [-0.3, -0.25) is 4.79 Å². The molecule has 0 aromatic heterocycles. The third-order valence-corrected chi connectivity index (χ3v) is 5.56. The van der Waals surface area contributed by atoms with Crippen LogP contribution in [0.25, 0.3) is 0 Å². The van der Waals surface area contributed by atoms with E-state index in [0.29, 0.717) is 23.5 Å². The molecule has 0 spiro atoms. The molecule has 0 aromatic carbocycles. The molecule has 0 N–H and O–H groups in total. The minimum absolute atomic E-state index is 0.307. The van der Waals surface area contributed by atoms with E-state index in [1.54, 1.807) is 0 Å². The second-order valence-corrected chi connectivity index (χ2v) is 7.64. The van der Waals surface area contributed by atoms with E-state index >= 15 is 0 Å². The van der Waals surface area contributed by atoms with Crippen LogP contribution in [0.4, 0.5) is 0 Å². The Bertz CT molecular complexity index is 345. The van der Waals surface area contributed by atoms with Gasteiger partial charge in [-0.1, -0.05) is 13.8 Å². The molecular weight excluding hydrogens is 248 g/mol. The Balaban J connectivity index is 1.45. The van der Waals surface area contributed by atoms with Crippen LogP contribution in [-0.4, -0.2) is 54.9 Å². The van der Waals surface area contributed by atoms with Crippen molar-refractivity contribution in [2.75, 3.05) is 39.3 Å². The van der Waals surface area contributed by atoms with E-state index in [2.05, 4.69) is 23.6 Å². The fraction of sp³-hybridized carbons (Fsp3) is 0.941. The van der Waals surface area contributed by atoms with Crippen molar-refractivity contribution < 1.29 is 4.79 Å². The lowest BCUT2D eigenvalue weighted by Crippen LogP contribution is -2.50. The predicted octanol–water partition coefficient (Wildman–Crippen LogP) is 2.27. The molecule has 3 unspecified atom stereocenters. The molecule has 1 saturated heterocycles. The van der Waals surface area contributed by atoms with Gasteiger partial charge in [0.2, 0.25) is 0 Å². The number of piperazine rings is 1. The van der Waals surface area contributed by atoms with Gasteiger partial charge in [-0.25, -0.2) is 0 Å². The van der Waals surface area contributed by atoms with Crippen molar-refractivity contribution in [1.82, 2.24) is 9.80 Å². The van der Waals surface area contributed by atoms with Gasteiger partial charge >= 0.3 is 0 Å². The van der Waals surface area contributed by atoms with Gasteiger partial charge in [0.05, 0.1) is 0 Å². The number of hydrogen-bond donors (Lipinski definition) is 0. The zero-order valence-electron chi connectivity index (χ0n) is 13.2. The van der Waals surface area contributed by atoms with Crippen molar-refractivity contribution in [2.24, 2.45) is 23.7 Å². The molecular formula is C17H30N2O. The molecule has 20 heavy (non-hydrogen) atoms. The van der Waals surface area contributed by atoms with Crippen LogP contribution in [0.1, 0.15) is 39.5 Å². The maximum absolute atomic E-state index is 12.3. The van der Waals surface area contributed by atoms with Gasteiger partial charge in [-0.05, 0) is 37.0 Å². The first-order valence-corrected chi connectivity index (χ1v) is 8.59. The Hall–Kier alpha value is -0.410. The highest BCUT2D eigenvalue weighted by Crippen LogP contribution is 2.32. The molecule has 3 aliphatic rings.